The average Bonchev–Trinajstić information content (AvgIpc) is 2.95. The number of aromatic nitrogens is 2. The summed E-state index contributed by atoms with van der Waals surface area (Å²) < 4.78 is 5.26. The van der Waals surface area contributed by atoms with E-state index in [9.17, 15) is 5.11 Å². The number of hydrogen-bond donors (Lipinski definition) is 1. The van der Waals surface area contributed by atoms with Crippen molar-refractivity contribution in [1.29, 1.82) is 0 Å². The first-order valence-electron chi connectivity index (χ1n) is 7.15. The molecule has 0 amide bonds. The molecule has 0 aliphatic carbocycles. The minimum atomic E-state index is -0.452. The topological polar surface area (TPSA) is 59.2 Å². The lowest BCUT2D eigenvalue weighted by molar-refractivity contribution is 0.129. The quantitative estimate of drug-likeness (QED) is 0.902. The molecule has 0 saturated heterocycles. The Hall–Kier alpha value is -1.68. The molecule has 2 unspecified atom stereocenters. The third kappa shape index (κ3) is 3.07. The third-order valence-electron chi connectivity index (χ3n) is 3.66. The van der Waals surface area contributed by atoms with E-state index >= 15 is 0 Å². The van der Waals surface area contributed by atoms with Gasteiger partial charge >= 0.3 is 0 Å². The fraction of sp³-hybridized carbons (Fsp3) is 0.500. The van der Waals surface area contributed by atoms with Crippen LogP contribution in [0.15, 0.2) is 28.8 Å². The molecule has 4 nitrogen and oxygen atoms in total. The zero-order valence-electron chi connectivity index (χ0n) is 12.5. The van der Waals surface area contributed by atoms with Crippen LogP contribution in [-0.2, 0) is 0 Å². The zero-order chi connectivity index (χ0) is 14.7. The number of benzene rings is 1. The van der Waals surface area contributed by atoms with Crippen molar-refractivity contribution in [2.24, 2.45) is 0 Å². The summed E-state index contributed by atoms with van der Waals surface area (Å²) in [4.78, 5) is 4.39. The van der Waals surface area contributed by atoms with E-state index in [-0.39, 0.29) is 5.92 Å². The van der Waals surface area contributed by atoms with E-state index in [2.05, 4.69) is 36.1 Å². The zero-order valence-corrected chi connectivity index (χ0v) is 12.5. The van der Waals surface area contributed by atoms with Gasteiger partial charge in [0.25, 0.3) is 0 Å². The second-order valence-corrected chi connectivity index (χ2v) is 5.50. The van der Waals surface area contributed by atoms with Crippen LogP contribution in [0.25, 0.3) is 11.4 Å². The van der Waals surface area contributed by atoms with Crippen molar-refractivity contribution in [2.45, 2.75) is 52.1 Å². The Bertz CT molecular complexity index is 546. The van der Waals surface area contributed by atoms with Crippen LogP contribution in [0.1, 0.15) is 57.4 Å². The molecule has 2 rings (SSSR count). The molecule has 0 spiro atoms. The molecule has 0 saturated carbocycles. The molecule has 20 heavy (non-hydrogen) atoms. The lowest BCUT2D eigenvalue weighted by atomic mass is 10.0. The lowest BCUT2D eigenvalue weighted by Crippen LogP contribution is -2.14. The molecule has 0 aliphatic heterocycles. The minimum Gasteiger partial charge on any atom is -0.392 e. The van der Waals surface area contributed by atoms with Crippen molar-refractivity contribution < 1.29 is 9.63 Å². The van der Waals surface area contributed by atoms with Gasteiger partial charge in [-0.25, -0.2) is 0 Å². The summed E-state index contributed by atoms with van der Waals surface area (Å²) in [6.07, 6.45) is 0.216. The van der Waals surface area contributed by atoms with Crippen molar-refractivity contribution in [3.8, 4) is 11.4 Å². The number of aliphatic hydroxyl groups is 1. The Morgan fingerprint density at radius 1 is 1.15 bits per heavy atom. The van der Waals surface area contributed by atoms with E-state index in [1.807, 2.05) is 26.0 Å². The second-order valence-electron chi connectivity index (χ2n) is 5.50. The molecule has 2 atom stereocenters. The predicted molar refractivity (Wildman–Crippen MR) is 78.5 cm³/mol. The summed E-state index contributed by atoms with van der Waals surface area (Å²) in [6.45, 7) is 8.15. The van der Waals surface area contributed by atoms with Gasteiger partial charge in [-0.15, -0.1) is 0 Å². The van der Waals surface area contributed by atoms with Crippen LogP contribution in [-0.4, -0.2) is 21.4 Å². The summed E-state index contributed by atoms with van der Waals surface area (Å²) in [7, 11) is 0. The molecule has 2 aromatic rings. The van der Waals surface area contributed by atoms with Gasteiger partial charge in [0.05, 0.1) is 12.0 Å². The molecule has 1 heterocycles. The highest BCUT2D eigenvalue weighted by Gasteiger charge is 2.21. The molecule has 0 bridgehead atoms. The molecular weight excluding hydrogens is 252 g/mol. The highest BCUT2D eigenvalue weighted by molar-refractivity contribution is 5.54. The first-order valence-corrected chi connectivity index (χ1v) is 7.15. The van der Waals surface area contributed by atoms with E-state index in [1.54, 1.807) is 0 Å². The molecule has 4 heteroatoms. The Kier molecular flexibility index (Phi) is 4.55. The Morgan fingerprint density at radius 2 is 1.80 bits per heavy atom. The van der Waals surface area contributed by atoms with Crippen molar-refractivity contribution in [2.75, 3.05) is 0 Å². The standard InChI is InChI=1S/C16H22N2O2/c1-5-14(19)11(4)16-17-15(18-20-16)13-8-6-12(7-9-13)10(2)3/h6-11,14,19H,5H2,1-4H3. The smallest absolute Gasteiger partial charge is 0.232 e. The maximum Gasteiger partial charge on any atom is 0.232 e. The largest absolute Gasteiger partial charge is 0.392 e. The highest BCUT2D eigenvalue weighted by atomic mass is 16.5. The molecule has 0 aliphatic rings. The molecule has 1 aromatic carbocycles. The van der Waals surface area contributed by atoms with Crippen molar-refractivity contribution in [3.05, 3.63) is 35.7 Å². The van der Waals surface area contributed by atoms with Crippen LogP contribution in [0.2, 0.25) is 0 Å². The first-order chi connectivity index (χ1) is 9.52. The van der Waals surface area contributed by atoms with E-state index in [1.165, 1.54) is 5.56 Å². The monoisotopic (exact) mass is 274 g/mol. The van der Waals surface area contributed by atoms with Crippen LogP contribution < -0.4 is 0 Å². The van der Waals surface area contributed by atoms with Crippen molar-refractivity contribution in [3.63, 3.8) is 0 Å². The number of rotatable bonds is 5. The van der Waals surface area contributed by atoms with Crippen LogP contribution in [0.3, 0.4) is 0 Å². The fourth-order valence-corrected chi connectivity index (χ4v) is 2.07. The van der Waals surface area contributed by atoms with E-state index < -0.39 is 6.10 Å². The van der Waals surface area contributed by atoms with Gasteiger partial charge in [0.1, 0.15) is 0 Å². The predicted octanol–water partition coefficient (Wildman–Crippen LogP) is 3.73. The summed E-state index contributed by atoms with van der Waals surface area (Å²) in [5.74, 6) is 1.42. The molecule has 1 aromatic heterocycles. The Labute approximate surface area is 119 Å². The van der Waals surface area contributed by atoms with E-state index in [0.29, 0.717) is 24.1 Å². The van der Waals surface area contributed by atoms with Crippen LogP contribution in [0, 0.1) is 0 Å². The second kappa shape index (κ2) is 6.18. The molecule has 0 radical (unpaired) electrons. The maximum atomic E-state index is 9.83. The third-order valence-corrected chi connectivity index (χ3v) is 3.66. The van der Waals surface area contributed by atoms with Crippen LogP contribution in [0.4, 0.5) is 0 Å². The van der Waals surface area contributed by atoms with Crippen molar-refractivity contribution in [1.82, 2.24) is 10.1 Å². The van der Waals surface area contributed by atoms with E-state index in [4.69, 9.17) is 4.52 Å². The normalized spacial score (nSPS) is 14.5. The molecule has 0 fully saturated rings. The molecule has 108 valence electrons. The maximum absolute atomic E-state index is 9.83. The van der Waals surface area contributed by atoms with Gasteiger partial charge < -0.3 is 9.63 Å². The van der Waals surface area contributed by atoms with Crippen LogP contribution >= 0.6 is 0 Å². The van der Waals surface area contributed by atoms with Gasteiger partial charge in [0.2, 0.25) is 11.7 Å². The van der Waals surface area contributed by atoms with Crippen LogP contribution in [0.5, 0.6) is 0 Å². The van der Waals surface area contributed by atoms with Gasteiger partial charge in [0, 0.05) is 5.56 Å². The summed E-state index contributed by atoms with van der Waals surface area (Å²) in [5.41, 5.74) is 2.22. The number of hydrogen-bond acceptors (Lipinski definition) is 4. The number of aliphatic hydroxyl groups excluding tert-OH is 1. The van der Waals surface area contributed by atoms with Gasteiger partial charge in [-0.05, 0) is 17.9 Å². The SMILES string of the molecule is CCC(O)C(C)c1nc(-c2ccc(C(C)C)cc2)no1. The van der Waals surface area contributed by atoms with Gasteiger partial charge in [0.15, 0.2) is 0 Å². The van der Waals surface area contributed by atoms with Gasteiger partial charge in [-0.3, -0.25) is 0 Å². The van der Waals surface area contributed by atoms with E-state index in [0.717, 1.165) is 5.56 Å². The number of nitrogens with zero attached hydrogens (tertiary/aromatic N) is 2. The van der Waals surface area contributed by atoms with Gasteiger partial charge in [-0.2, -0.15) is 4.98 Å². The Balaban J connectivity index is 2.20. The molecule has 1 N–H and O–H groups in total. The summed E-state index contributed by atoms with van der Waals surface area (Å²) in [5, 5.41) is 13.8. The fourth-order valence-electron chi connectivity index (χ4n) is 2.07. The lowest BCUT2D eigenvalue weighted by Gasteiger charge is -2.11. The summed E-state index contributed by atoms with van der Waals surface area (Å²) in [6, 6.07) is 8.18. The average molecular weight is 274 g/mol. The first kappa shape index (κ1) is 14.7. The van der Waals surface area contributed by atoms with Crippen molar-refractivity contribution >= 4 is 0 Å². The Morgan fingerprint density at radius 3 is 2.35 bits per heavy atom. The van der Waals surface area contributed by atoms with Gasteiger partial charge in [-0.1, -0.05) is 57.1 Å². The minimum absolute atomic E-state index is 0.142. The highest BCUT2D eigenvalue weighted by Crippen LogP contribution is 2.24. The molecular formula is C16H22N2O2. The summed E-state index contributed by atoms with van der Waals surface area (Å²) >= 11 is 0.